The molecule has 28 heavy (non-hydrogen) atoms. The van der Waals surface area contributed by atoms with Crippen molar-refractivity contribution >= 4 is 6.08 Å². The number of aromatic amines is 1. The minimum atomic E-state index is -0.0365. The number of nitrogens with one attached hydrogen (secondary N) is 1. The molecule has 0 unspecified atom stereocenters. The second kappa shape index (κ2) is 7.05. The molecule has 6 nitrogen and oxygen atoms in total. The van der Waals surface area contributed by atoms with Gasteiger partial charge in [-0.1, -0.05) is 18.2 Å². The Kier molecular flexibility index (Phi) is 4.25. The molecule has 0 aliphatic carbocycles. The van der Waals surface area contributed by atoms with Crippen LogP contribution >= 0.6 is 0 Å². The normalized spacial score (nSPS) is 15.9. The zero-order chi connectivity index (χ0) is 18.9. The Balaban J connectivity index is 1.39. The lowest BCUT2D eigenvalue weighted by Gasteiger charge is -2.29. The number of pyridine rings is 1. The molecule has 6 heteroatoms. The van der Waals surface area contributed by atoms with E-state index in [1.165, 1.54) is 5.57 Å². The predicted octanol–water partition coefficient (Wildman–Crippen LogP) is 2.67. The van der Waals surface area contributed by atoms with E-state index >= 15 is 0 Å². The molecule has 0 atom stereocenters. The highest BCUT2D eigenvalue weighted by molar-refractivity contribution is 5.62. The van der Waals surface area contributed by atoms with Crippen LogP contribution in [0.1, 0.15) is 16.8 Å². The van der Waals surface area contributed by atoms with Crippen LogP contribution in [0, 0.1) is 0 Å². The first kappa shape index (κ1) is 16.9. The van der Waals surface area contributed by atoms with Crippen LogP contribution in [-0.4, -0.2) is 39.5 Å². The van der Waals surface area contributed by atoms with Crippen molar-refractivity contribution < 1.29 is 4.74 Å². The number of ether oxygens (including phenoxy) is 1. The summed E-state index contributed by atoms with van der Waals surface area (Å²) in [6, 6.07) is 11.8. The first-order valence-electron chi connectivity index (χ1n) is 9.42. The van der Waals surface area contributed by atoms with E-state index in [0.717, 1.165) is 41.2 Å². The quantitative estimate of drug-likeness (QED) is 0.765. The maximum absolute atomic E-state index is 12.5. The van der Waals surface area contributed by atoms with E-state index < -0.39 is 0 Å². The van der Waals surface area contributed by atoms with E-state index in [1.807, 2.05) is 30.3 Å². The summed E-state index contributed by atoms with van der Waals surface area (Å²) in [5.41, 5.74) is 4.85. The summed E-state index contributed by atoms with van der Waals surface area (Å²) in [6.07, 6.45) is 6.32. The fraction of sp³-hybridized carbons (Fsp3) is 0.227. The Bertz CT molecular complexity index is 1110. The van der Waals surface area contributed by atoms with Crippen LogP contribution in [0.5, 0.6) is 5.75 Å². The molecule has 0 amide bonds. The second-order valence-electron chi connectivity index (χ2n) is 7.17. The summed E-state index contributed by atoms with van der Waals surface area (Å²) in [6.45, 7) is 2.92. The van der Waals surface area contributed by atoms with E-state index in [-0.39, 0.29) is 5.56 Å². The first-order valence-corrected chi connectivity index (χ1v) is 9.42. The molecule has 1 N–H and O–H groups in total. The molecule has 3 aromatic rings. The number of hydrogen-bond donors (Lipinski definition) is 1. The molecule has 0 bridgehead atoms. The Morgan fingerprint density at radius 2 is 2.00 bits per heavy atom. The molecular formula is C22H20N4O2. The summed E-state index contributed by atoms with van der Waals surface area (Å²) in [7, 11) is 0. The van der Waals surface area contributed by atoms with Crippen LogP contribution < -0.4 is 10.3 Å². The van der Waals surface area contributed by atoms with Gasteiger partial charge in [0.2, 0.25) is 0 Å². The standard InChI is InChI=1S/C22H20N4O2/c27-22-18-7-10-26(12-15-11-17-3-1-2-4-20(17)28-14-15)13-19(18)24-21(25-22)16-5-8-23-9-6-16/h1-6,8-9,11H,7,10,12-14H2,(H,24,25,27). The van der Waals surface area contributed by atoms with Gasteiger partial charge >= 0.3 is 0 Å². The number of nitrogens with zero attached hydrogens (tertiary/aromatic N) is 3. The average molecular weight is 372 g/mol. The molecular weight excluding hydrogens is 352 g/mol. The van der Waals surface area contributed by atoms with Crippen molar-refractivity contribution in [2.45, 2.75) is 13.0 Å². The van der Waals surface area contributed by atoms with Gasteiger partial charge < -0.3 is 9.72 Å². The zero-order valence-electron chi connectivity index (χ0n) is 15.4. The van der Waals surface area contributed by atoms with Gasteiger partial charge in [-0.3, -0.25) is 14.7 Å². The Labute approximate surface area is 162 Å². The fourth-order valence-corrected chi connectivity index (χ4v) is 3.82. The second-order valence-corrected chi connectivity index (χ2v) is 7.17. The maximum atomic E-state index is 12.5. The fourth-order valence-electron chi connectivity index (χ4n) is 3.82. The molecule has 2 aliphatic heterocycles. The number of para-hydroxylation sites is 1. The molecule has 0 spiro atoms. The van der Waals surface area contributed by atoms with Gasteiger partial charge in [0.05, 0.1) is 5.69 Å². The highest BCUT2D eigenvalue weighted by atomic mass is 16.5. The SMILES string of the molecule is O=c1[nH]c(-c2ccncc2)nc2c1CCN(CC1=Cc3ccccc3OC1)C2. The van der Waals surface area contributed by atoms with E-state index in [1.54, 1.807) is 12.4 Å². The zero-order valence-corrected chi connectivity index (χ0v) is 15.4. The predicted molar refractivity (Wildman–Crippen MR) is 107 cm³/mol. The van der Waals surface area contributed by atoms with Crippen LogP contribution in [0.15, 0.2) is 59.2 Å². The number of fused-ring (bicyclic) bond motifs is 2. The van der Waals surface area contributed by atoms with Crippen LogP contribution in [0.3, 0.4) is 0 Å². The van der Waals surface area contributed by atoms with Crippen molar-refractivity contribution in [1.29, 1.82) is 0 Å². The minimum absolute atomic E-state index is 0.0365. The van der Waals surface area contributed by atoms with Crippen molar-refractivity contribution in [2.24, 2.45) is 0 Å². The third-order valence-corrected chi connectivity index (χ3v) is 5.22. The minimum Gasteiger partial charge on any atom is -0.489 e. The summed E-state index contributed by atoms with van der Waals surface area (Å²) >= 11 is 0. The molecule has 1 aromatic carbocycles. The van der Waals surface area contributed by atoms with Crippen molar-refractivity contribution in [3.05, 3.63) is 81.5 Å². The number of rotatable bonds is 3. The molecule has 4 heterocycles. The Morgan fingerprint density at radius 3 is 2.89 bits per heavy atom. The average Bonchev–Trinajstić information content (AvgIpc) is 2.74. The summed E-state index contributed by atoms with van der Waals surface area (Å²) < 4.78 is 5.87. The highest BCUT2D eigenvalue weighted by Gasteiger charge is 2.23. The molecule has 0 radical (unpaired) electrons. The van der Waals surface area contributed by atoms with Gasteiger partial charge in [-0.25, -0.2) is 4.98 Å². The van der Waals surface area contributed by atoms with Gasteiger partial charge in [-0.2, -0.15) is 0 Å². The van der Waals surface area contributed by atoms with Gasteiger partial charge in [-0.05, 0) is 36.3 Å². The smallest absolute Gasteiger partial charge is 0.254 e. The van der Waals surface area contributed by atoms with Gasteiger partial charge in [0.1, 0.15) is 18.2 Å². The summed E-state index contributed by atoms with van der Waals surface area (Å²) in [5, 5.41) is 0. The monoisotopic (exact) mass is 372 g/mol. The van der Waals surface area contributed by atoms with Crippen molar-refractivity contribution in [3.8, 4) is 17.1 Å². The molecule has 0 saturated heterocycles. The van der Waals surface area contributed by atoms with Crippen LogP contribution in [0.25, 0.3) is 17.5 Å². The number of hydrogen-bond acceptors (Lipinski definition) is 5. The lowest BCUT2D eigenvalue weighted by atomic mass is 10.0. The number of benzene rings is 1. The van der Waals surface area contributed by atoms with E-state index in [4.69, 9.17) is 9.72 Å². The third kappa shape index (κ3) is 3.23. The van der Waals surface area contributed by atoms with Crippen molar-refractivity contribution in [1.82, 2.24) is 19.9 Å². The lowest BCUT2D eigenvalue weighted by molar-refractivity contribution is 0.253. The van der Waals surface area contributed by atoms with Crippen LogP contribution in [-0.2, 0) is 13.0 Å². The van der Waals surface area contributed by atoms with Gasteiger partial charge in [0, 0.05) is 48.7 Å². The lowest BCUT2D eigenvalue weighted by Crippen LogP contribution is -2.37. The van der Waals surface area contributed by atoms with Crippen LogP contribution in [0.2, 0.25) is 0 Å². The van der Waals surface area contributed by atoms with Gasteiger partial charge in [-0.15, -0.1) is 0 Å². The Hall–Kier alpha value is -3.25. The molecule has 140 valence electrons. The maximum Gasteiger partial charge on any atom is 0.254 e. The van der Waals surface area contributed by atoms with Crippen molar-refractivity contribution in [3.63, 3.8) is 0 Å². The van der Waals surface area contributed by atoms with E-state index in [0.29, 0.717) is 25.4 Å². The molecule has 2 aliphatic rings. The Morgan fingerprint density at radius 1 is 1.14 bits per heavy atom. The number of H-pyrrole nitrogens is 1. The molecule has 0 saturated carbocycles. The molecule has 0 fully saturated rings. The van der Waals surface area contributed by atoms with Gasteiger partial charge in [0.25, 0.3) is 5.56 Å². The molecule has 2 aromatic heterocycles. The van der Waals surface area contributed by atoms with Gasteiger partial charge in [0.15, 0.2) is 0 Å². The topological polar surface area (TPSA) is 71.1 Å². The van der Waals surface area contributed by atoms with Crippen LogP contribution in [0.4, 0.5) is 0 Å². The van der Waals surface area contributed by atoms with E-state index in [2.05, 4.69) is 27.0 Å². The third-order valence-electron chi connectivity index (χ3n) is 5.22. The van der Waals surface area contributed by atoms with E-state index in [9.17, 15) is 4.79 Å². The number of aromatic nitrogens is 3. The highest BCUT2D eigenvalue weighted by Crippen LogP contribution is 2.27. The summed E-state index contributed by atoms with van der Waals surface area (Å²) in [5.74, 6) is 1.53. The molecule has 5 rings (SSSR count). The largest absolute Gasteiger partial charge is 0.489 e. The summed E-state index contributed by atoms with van der Waals surface area (Å²) in [4.78, 5) is 26.5. The first-order chi connectivity index (χ1) is 13.8. The van der Waals surface area contributed by atoms with Crippen molar-refractivity contribution in [2.75, 3.05) is 19.7 Å².